The number of rotatable bonds is 7. The van der Waals surface area contributed by atoms with Crippen LogP contribution in [0.15, 0.2) is 24.4 Å². The number of fused-ring (bicyclic) bond motifs is 1. The maximum absolute atomic E-state index is 12.3. The van der Waals surface area contributed by atoms with Gasteiger partial charge < -0.3 is 19.9 Å². The van der Waals surface area contributed by atoms with Gasteiger partial charge in [0.25, 0.3) is 5.91 Å². The number of aromatic nitrogens is 1. The third kappa shape index (κ3) is 3.83. The molecule has 6 nitrogen and oxygen atoms in total. The highest BCUT2D eigenvalue weighted by atomic mass is 16.5. The standard InChI is InChI=1S/C17H23N3O3/c1-4-20(5-2)16(21)8-9-18-17(22)14-11-19-15-7-6-12(23-3)10-13(14)15/h6-7,10-11,19H,4-5,8-9H2,1-3H3,(H,18,22). The van der Waals surface area contributed by atoms with E-state index < -0.39 is 0 Å². The molecule has 0 radical (unpaired) electrons. The predicted octanol–water partition coefficient (Wildman–Crippen LogP) is 2.16. The minimum atomic E-state index is -0.197. The van der Waals surface area contributed by atoms with Crippen molar-refractivity contribution >= 4 is 22.7 Å². The quantitative estimate of drug-likeness (QED) is 0.822. The van der Waals surface area contributed by atoms with E-state index in [0.717, 1.165) is 10.9 Å². The molecule has 0 unspecified atom stereocenters. The number of nitrogens with one attached hydrogen (secondary N) is 2. The molecule has 1 aromatic carbocycles. The monoisotopic (exact) mass is 317 g/mol. The first-order chi connectivity index (χ1) is 11.1. The van der Waals surface area contributed by atoms with Crippen LogP contribution in [0.3, 0.4) is 0 Å². The zero-order chi connectivity index (χ0) is 16.8. The van der Waals surface area contributed by atoms with Gasteiger partial charge in [0.15, 0.2) is 0 Å². The largest absolute Gasteiger partial charge is 0.497 e. The molecule has 1 heterocycles. The molecule has 2 aromatic rings. The number of benzene rings is 1. The van der Waals surface area contributed by atoms with Crippen LogP contribution in [0, 0.1) is 0 Å². The number of carbonyl (C=O) groups excluding carboxylic acids is 2. The first-order valence-corrected chi connectivity index (χ1v) is 7.81. The van der Waals surface area contributed by atoms with E-state index in [-0.39, 0.29) is 11.8 Å². The maximum atomic E-state index is 12.3. The molecular weight excluding hydrogens is 294 g/mol. The lowest BCUT2D eigenvalue weighted by atomic mass is 10.1. The summed E-state index contributed by atoms with van der Waals surface area (Å²) < 4.78 is 5.19. The molecule has 0 bridgehead atoms. The smallest absolute Gasteiger partial charge is 0.253 e. The Morgan fingerprint density at radius 1 is 1.26 bits per heavy atom. The van der Waals surface area contributed by atoms with Crippen LogP contribution in [-0.2, 0) is 4.79 Å². The average Bonchev–Trinajstić information content (AvgIpc) is 2.98. The second-order valence-electron chi connectivity index (χ2n) is 5.19. The van der Waals surface area contributed by atoms with Gasteiger partial charge in [-0.3, -0.25) is 9.59 Å². The van der Waals surface area contributed by atoms with Crippen LogP contribution >= 0.6 is 0 Å². The minimum Gasteiger partial charge on any atom is -0.497 e. The number of H-pyrrole nitrogens is 1. The van der Waals surface area contributed by atoms with Crippen LogP contribution in [0.2, 0.25) is 0 Å². The van der Waals surface area contributed by atoms with Crippen LogP contribution in [0.5, 0.6) is 5.75 Å². The Balaban J connectivity index is 2.00. The van der Waals surface area contributed by atoms with Gasteiger partial charge in [-0.25, -0.2) is 0 Å². The second-order valence-corrected chi connectivity index (χ2v) is 5.19. The van der Waals surface area contributed by atoms with Crippen LogP contribution in [0.1, 0.15) is 30.6 Å². The fourth-order valence-electron chi connectivity index (χ4n) is 2.53. The SMILES string of the molecule is CCN(CC)C(=O)CCNC(=O)c1c[nH]c2ccc(OC)cc12. The van der Waals surface area contributed by atoms with Crippen molar-refractivity contribution in [2.24, 2.45) is 0 Å². The molecule has 0 aliphatic carbocycles. The van der Waals surface area contributed by atoms with Crippen molar-refractivity contribution in [1.82, 2.24) is 15.2 Å². The molecule has 0 saturated carbocycles. The summed E-state index contributed by atoms with van der Waals surface area (Å²) in [5.41, 5.74) is 1.42. The van der Waals surface area contributed by atoms with Gasteiger partial charge in [0.05, 0.1) is 12.7 Å². The fraction of sp³-hybridized carbons (Fsp3) is 0.412. The van der Waals surface area contributed by atoms with Gasteiger partial charge in [-0.1, -0.05) is 0 Å². The minimum absolute atomic E-state index is 0.0518. The lowest BCUT2D eigenvalue weighted by Gasteiger charge is -2.18. The third-order valence-corrected chi connectivity index (χ3v) is 3.87. The summed E-state index contributed by atoms with van der Waals surface area (Å²) in [5, 5.41) is 3.60. The van der Waals surface area contributed by atoms with Crippen molar-refractivity contribution in [2.75, 3.05) is 26.7 Å². The van der Waals surface area contributed by atoms with Crippen molar-refractivity contribution in [3.05, 3.63) is 30.0 Å². The van der Waals surface area contributed by atoms with E-state index in [1.165, 1.54) is 0 Å². The molecule has 0 atom stereocenters. The molecule has 124 valence electrons. The zero-order valence-corrected chi connectivity index (χ0v) is 13.8. The van der Waals surface area contributed by atoms with E-state index in [1.807, 2.05) is 32.0 Å². The summed E-state index contributed by atoms with van der Waals surface area (Å²) in [4.78, 5) is 29.1. The van der Waals surface area contributed by atoms with Crippen molar-refractivity contribution in [1.29, 1.82) is 0 Å². The number of hydrogen-bond acceptors (Lipinski definition) is 3. The van der Waals surface area contributed by atoms with Crippen LogP contribution in [-0.4, -0.2) is 48.4 Å². The third-order valence-electron chi connectivity index (χ3n) is 3.87. The van der Waals surface area contributed by atoms with Crippen LogP contribution in [0.25, 0.3) is 10.9 Å². The molecule has 2 amide bonds. The number of methoxy groups -OCH3 is 1. The summed E-state index contributed by atoms with van der Waals surface area (Å²) in [6.45, 7) is 5.58. The molecule has 1 aromatic heterocycles. The van der Waals surface area contributed by atoms with Gasteiger partial charge >= 0.3 is 0 Å². The van der Waals surface area contributed by atoms with Crippen molar-refractivity contribution in [3.63, 3.8) is 0 Å². The first-order valence-electron chi connectivity index (χ1n) is 7.81. The number of amides is 2. The number of carbonyl (C=O) groups is 2. The summed E-state index contributed by atoms with van der Waals surface area (Å²) >= 11 is 0. The Labute approximate surface area is 135 Å². The molecule has 6 heteroatoms. The molecule has 0 spiro atoms. The molecule has 2 N–H and O–H groups in total. The molecule has 0 aliphatic rings. The lowest BCUT2D eigenvalue weighted by molar-refractivity contribution is -0.130. The van der Waals surface area contributed by atoms with Crippen LogP contribution in [0.4, 0.5) is 0 Å². The number of hydrogen-bond donors (Lipinski definition) is 2. The van der Waals surface area contributed by atoms with Gasteiger partial charge in [0.2, 0.25) is 5.91 Å². The van der Waals surface area contributed by atoms with E-state index in [1.54, 1.807) is 18.2 Å². The Hall–Kier alpha value is -2.50. The Morgan fingerprint density at radius 3 is 2.65 bits per heavy atom. The normalized spacial score (nSPS) is 10.6. The van der Waals surface area contributed by atoms with Gasteiger partial charge in [0.1, 0.15) is 5.75 Å². The van der Waals surface area contributed by atoms with Gasteiger partial charge in [-0.2, -0.15) is 0 Å². The molecule has 0 aliphatic heterocycles. The Morgan fingerprint density at radius 2 is 2.00 bits per heavy atom. The van der Waals surface area contributed by atoms with Gasteiger partial charge in [-0.05, 0) is 32.0 Å². The topological polar surface area (TPSA) is 74.4 Å². The molecule has 2 rings (SSSR count). The van der Waals surface area contributed by atoms with Crippen molar-refractivity contribution in [3.8, 4) is 5.75 Å². The van der Waals surface area contributed by atoms with Gasteiger partial charge in [0, 0.05) is 43.2 Å². The predicted molar refractivity (Wildman–Crippen MR) is 89.7 cm³/mol. The molecule has 23 heavy (non-hydrogen) atoms. The highest BCUT2D eigenvalue weighted by molar-refractivity contribution is 6.07. The summed E-state index contributed by atoms with van der Waals surface area (Å²) in [6, 6.07) is 5.53. The van der Waals surface area contributed by atoms with E-state index in [4.69, 9.17) is 4.74 Å². The molecular formula is C17H23N3O3. The van der Waals surface area contributed by atoms with E-state index >= 15 is 0 Å². The molecule has 0 saturated heterocycles. The summed E-state index contributed by atoms with van der Waals surface area (Å²) in [6.07, 6.45) is 1.98. The highest BCUT2D eigenvalue weighted by Gasteiger charge is 2.14. The fourth-order valence-corrected chi connectivity index (χ4v) is 2.53. The number of aromatic amines is 1. The first kappa shape index (κ1) is 16.9. The highest BCUT2D eigenvalue weighted by Crippen LogP contribution is 2.23. The lowest BCUT2D eigenvalue weighted by Crippen LogP contribution is -2.34. The average molecular weight is 317 g/mol. The van der Waals surface area contributed by atoms with Crippen molar-refractivity contribution in [2.45, 2.75) is 20.3 Å². The second kappa shape index (κ2) is 7.67. The van der Waals surface area contributed by atoms with E-state index in [9.17, 15) is 9.59 Å². The maximum Gasteiger partial charge on any atom is 0.253 e. The van der Waals surface area contributed by atoms with E-state index in [0.29, 0.717) is 37.4 Å². The Kier molecular flexibility index (Phi) is 5.62. The van der Waals surface area contributed by atoms with Crippen molar-refractivity contribution < 1.29 is 14.3 Å². The number of nitrogens with zero attached hydrogens (tertiary/aromatic N) is 1. The summed E-state index contributed by atoms with van der Waals surface area (Å²) in [5.74, 6) is 0.551. The Bertz CT molecular complexity index is 689. The molecule has 0 fully saturated rings. The van der Waals surface area contributed by atoms with Gasteiger partial charge in [-0.15, -0.1) is 0 Å². The summed E-state index contributed by atoms with van der Waals surface area (Å²) in [7, 11) is 1.59. The number of ether oxygens (including phenoxy) is 1. The zero-order valence-electron chi connectivity index (χ0n) is 13.8. The van der Waals surface area contributed by atoms with E-state index in [2.05, 4.69) is 10.3 Å². The van der Waals surface area contributed by atoms with Crippen LogP contribution < -0.4 is 10.1 Å².